The fraction of sp³-hybridized carbons (Fsp3) is 0.143. The molecule has 0 aliphatic rings. The number of thiophene rings is 1. The summed E-state index contributed by atoms with van der Waals surface area (Å²) in [4.78, 5) is 24.7. The van der Waals surface area contributed by atoms with Crippen LogP contribution in [0, 0.1) is 0 Å². The Labute approximate surface area is 126 Å². The van der Waals surface area contributed by atoms with E-state index in [2.05, 4.69) is 16.0 Å². The number of nitrogen functional groups attached to an aromatic ring is 1. The SMILES string of the molecule is CNC(=O)Nc1cc(-c2ccc(N)cc2)sc1C(=O)NC. The van der Waals surface area contributed by atoms with Gasteiger partial charge in [-0.25, -0.2) is 4.79 Å². The third-order valence-corrected chi connectivity index (χ3v) is 4.02. The van der Waals surface area contributed by atoms with Crippen molar-refractivity contribution in [1.82, 2.24) is 10.6 Å². The van der Waals surface area contributed by atoms with Crippen LogP contribution in [0.3, 0.4) is 0 Å². The topological polar surface area (TPSA) is 96.2 Å². The molecule has 0 saturated carbocycles. The van der Waals surface area contributed by atoms with Crippen LogP contribution in [0.5, 0.6) is 0 Å². The summed E-state index contributed by atoms with van der Waals surface area (Å²) in [6, 6.07) is 8.73. The summed E-state index contributed by atoms with van der Waals surface area (Å²) in [7, 11) is 3.07. The molecule has 0 aliphatic carbocycles. The van der Waals surface area contributed by atoms with Crippen LogP contribution in [0.1, 0.15) is 9.67 Å². The Morgan fingerprint density at radius 3 is 2.33 bits per heavy atom. The van der Waals surface area contributed by atoms with E-state index < -0.39 is 0 Å². The number of nitrogens with one attached hydrogen (secondary N) is 3. The third kappa shape index (κ3) is 3.32. The van der Waals surface area contributed by atoms with Gasteiger partial charge in [0.25, 0.3) is 5.91 Å². The van der Waals surface area contributed by atoms with Crippen molar-refractivity contribution >= 4 is 34.6 Å². The fourth-order valence-electron chi connectivity index (χ4n) is 1.74. The molecule has 0 saturated heterocycles. The Hall–Kier alpha value is -2.54. The van der Waals surface area contributed by atoms with Crippen LogP contribution in [0.4, 0.5) is 16.2 Å². The maximum Gasteiger partial charge on any atom is 0.319 e. The molecule has 21 heavy (non-hydrogen) atoms. The van der Waals surface area contributed by atoms with E-state index in [0.29, 0.717) is 16.3 Å². The van der Waals surface area contributed by atoms with Crippen LogP contribution < -0.4 is 21.7 Å². The van der Waals surface area contributed by atoms with Gasteiger partial charge < -0.3 is 21.7 Å². The Balaban J connectivity index is 2.42. The highest BCUT2D eigenvalue weighted by Gasteiger charge is 2.17. The lowest BCUT2D eigenvalue weighted by Crippen LogP contribution is -2.26. The maximum absolute atomic E-state index is 11.9. The number of rotatable bonds is 3. The molecule has 0 bridgehead atoms. The molecular weight excluding hydrogens is 288 g/mol. The van der Waals surface area contributed by atoms with E-state index in [1.807, 2.05) is 12.1 Å². The standard InChI is InChI=1S/C14H16N4O2S/c1-16-13(19)12-10(18-14(20)17-2)7-11(21-12)8-3-5-9(15)6-4-8/h3-7H,15H2,1-2H3,(H,16,19)(H2,17,18,20). The number of nitrogens with two attached hydrogens (primary N) is 1. The number of anilines is 2. The van der Waals surface area contributed by atoms with Gasteiger partial charge in [0, 0.05) is 24.7 Å². The number of benzene rings is 1. The monoisotopic (exact) mass is 304 g/mol. The minimum absolute atomic E-state index is 0.243. The molecule has 1 aromatic heterocycles. The lowest BCUT2D eigenvalue weighted by atomic mass is 10.1. The first-order valence-corrected chi connectivity index (χ1v) is 7.07. The predicted molar refractivity (Wildman–Crippen MR) is 85.6 cm³/mol. The Kier molecular flexibility index (Phi) is 4.44. The average molecular weight is 304 g/mol. The molecule has 6 nitrogen and oxygen atoms in total. The molecule has 0 atom stereocenters. The van der Waals surface area contributed by atoms with Crippen LogP contribution in [0.25, 0.3) is 10.4 Å². The second kappa shape index (κ2) is 6.27. The molecule has 0 unspecified atom stereocenters. The van der Waals surface area contributed by atoms with Crippen molar-refractivity contribution in [3.63, 3.8) is 0 Å². The summed E-state index contributed by atoms with van der Waals surface area (Å²) in [6.45, 7) is 0. The van der Waals surface area contributed by atoms with Crippen molar-refractivity contribution in [2.75, 3.05) is 25.1 Å². The molecule has 0 radical (unpaired) electrons. The van der Waals surface area contributed by atoms with Gasteiger partial charge >= 0.3 is 6.03 Å². The molecule has 1 heterocycles. The first-order chi connectivity index (χ1) is 10.0. The quantitative estimate of drug-likeness (QED) is 0.654. The zero-order chi connectivity index (χ0) is 15.4. The van der Waals surface area contributed by atoms with Crippen LogP contribution >= 0.6 is 11.3 Å². The number of carbonyl (C=O) groups is 2. The molecule has 2 aromatic rings. The minimum Gasteiger partial charge on any atom is -0.399 e. The lowest BCUT2D eigenvalue weighted by molar-refractivity contribution is 0.0968. The Morgan fingerprint density at radius 1 is 1.10 bits per heavy atom. The van der Waals surface area contributed by atoms with E-state index in [9.17, 15) is 9.59 Å². The number of urea groups is 1. The smallest absolute Gasteiger partial charge is 0.319 e. The molecule has 110 valence electrons. The molecular formula is C14H16N4O2S. The van der Waals surface area contributed by atoms with E-state index in [1.54, 1.807) is 25.2 Å². The normalized spacial score (nSPS) is 10.0. The lowest BCUT2D eigenvalue weighted by Gasteiger charge is -2.04. The maximum atomic E-state index is 11.9. The molecule has 0 spiro atoms. The number of amides is 3. The van der Waals surface area contributed by atoms with Crippen molar-refractivity contribution in [1.29, 1.82) is 0 Å². The van der Waals surface area contributed by atoms with E-state index >= 15 is 0 Å². The third-order valence-electron chi connectivity index (χ3n) is 2.84. The molecule has 5 N–H and O–H groups in total. The second-order valence-corrected chi connectivity index (χ2v) is 5.31. The van der Waals surface area contributed by atoms with E-state index in [4.69, 9.17) is 5.73 Å². The highest BCUT2D eigenvalue weighted by Crippen LogP contribution is 2.35. The molecule has 2 rings (SSSR count). The molecule has 0 fully saturated rings. The van der Waals surface area contributed by atoms with Crippen LogP contribution in [0.15, 0.2) is 30.3 Å². The van der Waals surface area contributed by atoms with Gasteiger partial charge in [-0.2, -0.15) is 0 Å². The summed E-state index contributed by atoms with van der Waals surface area (Å²) < 4.78 is 0. The van der Waals surface area contributed by atoms with E-state index in [1.165, 1.54) is 18.4 Å². The van der Waals surface area contributed by atoms with E-state index in [0.717, 1.165) is 10.4 Å². The van der Waals surface area contributed by atoms with Crippen LogP contribution in [-0.2, 0) is 0 Å². The van der Waals surface area contributed by atoms with Crippen molar-refractivity contribution in [2.45, 2.75) is 0 Å². The summed E-state index contributed by atoms with van der Waals surface area (Å²) in [5, 5.41) is 7.68. The summed E-state index contributed by atoms with van der Waals surface area (Å²) >= 11 is 1.31. The summed E-state index contributed by atoms with van der Waals surface area (Å²) in [5.41, 5.74) is 7.75. The van der Waals surface area contributed by atoms with Crippen molar-refractivity contribution in [2.24, 2.45) is 0 Å². The first-order valence-electron chi connectivity index (χ1n) is 6.25. The fourth-order valence-corrected chi connectivity index (χ4v) is 2.81. The van der Waals surface area contributed by atoms with Gasteiger partial charge in [-0.15, -0.1) is 11.3 Å². The zero-order valence-electron chi connectivity index (χ0n) is 11.7. The Morgan fingerprint density at radius 2 is 1.76 bits per heavy atom. The van der Waals surface area contributed by atoms with Gasteiger partial charge in [0.1, 0.15) is 4.88 Å². The van der Waals surface area contributed by atoms with Crippen molar-refractivity contribution in [3.05, 3.63) is 35.2 Å². The Bertz CT molecular complexity index is 664. The number of carbonyl (C=O) groups excluding carboxylic acids is 2. The van der Waals surface area contributed by atoms with Gasteiger partial charge in [0.2, 0.25) is 0 Å². The van der Waals surface area contributed by atoms with Gasteiger partial charge in [-0.1, -0.05) is 12.1 Å². The molecule has 0 aliphatic heterocycles. The van der Waals surface area contributed by atoms with Crippen LogP contribution in [-0.4, -0.2) is 26.0 Å². The number of hydrogen-bond donors (Lipinski definition) is 4. The van der Waals surface area contributed by atoms with Crippen molar-refractivity contribution < 1.29 is 9.59 Å². The summed E-state index contributed by atoms with van der Waals surface area (Å²) in [5.74, 6) is -0.243. The van der Waals surface area contributed by atoms with Crippen LogP contribution in [0.2, 0.25) is 0 Å². The van der Waals surface area contributed by atoms with E-state index in [-0.39, 0.29) is 11.9 Å². The van der Waals surface area contributed by atoms with Gasteiger partial charge in [0.05, 0.1) is 5.69 Å². The largest absolute Gasteiger partial charge is 0.399 e. The van der Waals surface area contributed by atoms with Gasteiger partial charge in [-0.3, -0.25) is 4.79 Å². The zero-order valence-corrected chi connectivity index (χ0v) is 12.5. The highest BCUT2D eigenvalue weighted by atomic mass is 32.1. The first kappa shape index (κ1) is 14.9. The second-order valence-electron chi connectivity index (χ2n) is 4.26. The summed E-state index contributed by atoms with van der Waals surface area (Å²) in [6.07, 6.45) is 0. The predicted octanol–water partition coefficient (Wildman–Crippen LogP) is 2.11. The minimum atomic E-state index is -0.373. The molecule has 1 aromatic carbocycles. The van der Waals surface area contributed by atoms with Gasteiger partial charge in [-0.05, 0) is 23.8 Å². The molecule has 7 heteroatoms. The average Bonchev–Trinajstić information content (AvgIpc) is 2.90. The number of hydrogen-bond acceptors (Lipinski definition) is 4. The molecule has 3 amide bonds. The van der Waals surface area contributed by atoms with Gasteiger partial charge in [0.15, 0.2) is 0 Å². The highest BCUT2D eigenvalue weighted by molar-refractivity contribution is 7.18. The van der Waals surface area contributed by atoms with Crippen molar-refractivity contribution in [3.8, 4) is 10.4 Å².